The molecule has 0 saturated heterocycles. The van der Waals surface area contributed by atoms with Gasteiger partial charge in [-0.25, -0.2) is 0 Å². The molecule has 254 valence electrons. The van der Waals surface area contributed by atoms with E-state index in [-0.39, 0.29) is 11.1 Å². The van der Waals surface area contributed by atoms with Crippen LogP contribution in [-0.4, -0.2) is 4.57 Å². The Morgan fingerprint density at radius 3 is 1.67 bits per heavy atom. The third-order valence-corrected chi connectivity index (χ3v) is 8.96. The quantitative estimate of drug-likeness (QED) is 0.160. The van der Waals surface area contributed by atoms with Crippen LogP contribution in [0.1, 0.15) is 30.2 Å². The second kappa shape index (κ2) is 13.4. The Labute approximate surface area is 346 Å². The third-order valence-electron chi connectivity index (χ3n) is 8.96. The molecule has 0 bridgehead atoms. The van der Waals surface area contributed by atoms with Gasteiger partial charge < -0.3 is 9.47 Å². The standard InChI is InChI=1S/C52H36N2/c1-3-12-37(13-4-1)40-22-28-45(29-23-40)53(47-19-11-18-43(34-47)38-14-5-2-6-15-38)46-30-24-41(25-31-46)44-27-33-52-50(36-44)49-20-9-10-21-51(49)54(52)48-32-26-39-16-7-8-17-42(39)35-48/h1-36H/i1D,2D,3D,4D,5D,6D,11D,12D,13D,14D,15D,18D,19D,22D,23D,24D,25D,28D,29D,30D,31D,34D. The van der Waals surface area contributed by atoms with Gasteiger partial charge in [-0.05, 0) is 111 Å². The van der Waals surface area contributed by atoms with Crippen molar-refractivity contribution in [1.82, 2.24) is 4.57 Å². The van der Waals surface area contributed by atoms with Crippen molar-refractivity contribution in [2.75, 3.05) is 4.90 Å². The zero-order valence-electron chi connectivity index (χ0n) is 50.0. The molecule has 0 aliphatic carbocycles. The van der Waals surface area contributed by atoms with Gasteiger partial charge in [0.1, 0.15) is 0 Å². The van der Waals surface area contributed by atoms with Crippen LogP contribution >= 0.6 is 0 Å². The van der Waals surface area contributed by atoms with E-state index in [1.54, 1.807) is 18.2 Å². The molecule has 0 atom stereocenters. The second-order valence-corrected chi connectivity index (χ2v) is 12.1. The van der Waals surface area contributed by atoms with Crippen LogP contribution in [0.3, 0.4) is 0 Å². The average Bonchev–Trinajstić information content (AvgIpc) is 3.80. The van der Waals surface area contributed by atoms with Gasteiger partial charge in [-0.1, -0.05) is 151 Å². The zero-order chi connectivity index (χ0) is 55.0. The number of benzene rings is 9. The summed E-state index contributed by atoms with van der Waals surface area (Å²) in [5.74, 6) is 0. The van der Waals surface area contributed by atoms with Gasteiger partial charge in [-0.2, -0.15) is 0 Å². The largest absolute Gasteiger partial charge is 0.310 e. The van der Waals surface area contributed by atoms with Crippen molar-refractivity contribution in [1.29, 1.82) is 0 Å². The molecular formula is C52H36N2. The van der Waals surface area contributed by atoms with E-state index in [2.05, 4.69) is 4.57 Å². The highest BCUT2D eigenvalue weighted by atomic mass is 15.1. The Morgan fingerprint density at radius 1 is 0.370 bits per heavy atom. The van der Waals surface area contributed by atoms with E-state index < -0.39 is 172 Å². The zero-order valence-corrected chi connectivity index (χ0v) is 28.0. The minimum atomic E-state index is -1.12. The van der Waals surface area contributed by atoms with Crippen molar-refractivity contribution < 1.29 is 30.2 Å². The fraction of sp³-hybridized carbons (Fsp3) is 0. The van der Waals surface area contributed by atoms with Crippen molar-refractivity contribution in [3.63, 3.8) is 0 Å². The van der Waals surface area contributed by atoms with Crippen LogP contribution in [0.25, 0.3) is 71.6 Å². The maximum atomic E-state index is 9.68. The van der Waals surface area contributed by atoms with Crippen LogP contribution in [0.5, 0.6) is 0 Å². The van der Waals surface area contributed by atoms with Gasteiger partial charge >= 0.3 is 0 Å². The van der Waals surface area contributed by atoms with Crippen molar-refractivity contribution in [2.24, 2.45) is 0 Å². The lowest BCUT2D eigenvalue weighted by Gasteiger charge is -2.26. The van der Waals surface area contributed by atoms with Crippen LogP contribution < -0.4 is 4.90 Å². The van der Waals surface area contributed by atoms with Gasteiger partial charge in [-0.3, -0.25) is 0 Å². The van der Waals surface area contributed by atoms with E-state index in [1.807, 2.05) is 66.7 Å². The summed E-state index contributed by atoms with van der Waals surface area (Å²) in [6.45, 7) is 0. The van der Waals surface area contributed by atoms with Crippen LogP contribution in [0.4, 0.5) is 17.1 Å². The molecule has 0 amide bonds. The molecule has 2 nitrogen and oxygen atoms in total. The molecule has 0 aliphatic heterocycles. The Bertz CT molecular complexity index is 4110. The molecule has 1 heterocycles. The lowest BCUT2D eigenvalue weighted by molar-refractivity contribution is 1.19. The van der Waals surface area contributed by atoms with Crippen molar-refractivity contribution >= 4 is 49.6 Å². The molecule has 10 aromatic rings. The topological polar surface area (TPSA) is 8.17 Å². The SMILES string of the molecule is [2H]c1c([2H])c([2H])c(-c2c([2H])c([2H])c(N(c3c([2H])c([2H])c(-c4ccc5c(c4)c4ccccc4n5-c4ccc5ccccc5c4)c([2H])c3[2H])c3c([2H])c([2H])c([2H])c(-c4c([2H])c([2H])c([2H])c([2H])c4[2H])c3[2H])c([2H])c2[2H])c([2H])c1[2H]. The predicted molar refractivity (Wildman–Crippen MR) is 229 cm³/mol. The molecule has 0 N–H and O–H groups in total. The summed E-state index contributed by atoms with van der Waals surface area (Å²) in [5.41, 5.74) is -3.68. The van der Waals surface area contributed by atoms with Crippen LogP contribution in [0.15, 0.2) is 218 Å². The molecular weight excluding hydrogens is 653 g/mol. The van der Waals surface area contributed by atoms with Gasteiger partial charge in [0, 0.05) is 33.5 Å². The highest BCUT2D eigenvalue weighted by molar-refractivity contribution is 6.10. The summed E-state index contributed by atoms with van der Waals surface area (Å²) >= 11 is 0. The number of anilines is 3. The number of nitrogens with zero attached hydrogens (tertiary/aromatic N) is 2. The normalized spacial score (nSPS) is 17.0. The van der Waals surface area contributed by atoms with Gasteiger partial charge in [-0.15, -0.1) is 0 Å². The molecule has 1 aromatic heterocycles. The summed E-state index contributed by atoms with van der Waals surface area (Å²) in [7, 11) is 0. The van der Waals surface area contributed by atoms with E-state index in [0.717, 1.165) is 32.9 Å². The maximum Gasteiger partial charge on any atom is 0.0651 e. The number of hydrogen-bond donors (Lipinski definition) is 0. The van der Waals surface area contributed by atoms with E-state index >= 15 is 0 Å². The van der Waals surface area contributed by atoms with Crippen molar-refractivity contribution in [3.05, 3.63) is 218 Å². The first-order valence-electron chi connectivity index (χ1n) is 27.7. The van der Waals surface area contributed by atoms with E-state index in [4.69, 9.17) is 16.4 Å². The highest BCUT2D eigenvalue weighted by Gasteiger charge is 2.16. The van der Waals surface area contributed by atoms with E-state index in [9.17, 15) is 13.7 Å². The van der Waals surface area contributed by atoms with Crippen molar-refractivity contribution in [3.8, 4) is 39.1 Å². The fourth-order valence-corrected chi connectivity index (χ4v) is 6.48. The molecule has 0 saturated carbocycles. The van der Waals surface area contributed by atoms with Gasteiger partial charge in [0.25, 0.3) is 0 Å². The first-order chi connectivity index (χ1) is 35.9. The monoisotopic (exact) mass is 710 g/mol. The Kier molecular flexibility index (Phi) is 4.04. The molecule has 0 spiro atoms. The average molecular weight is 711 g/mol. The first-order valence-corrected chi connectivity index (χ1v) is 16.7. The lowest BCUT2D eigenvalue weighted by Crippen LogP contribution is -2.10. The second-order valence-electron chi connectivity index (χ2n) is 12.1. The van der Waals surface area contributed by atoms with E-state index in [1.165, 1.54) is 0 Å². The van der Waals surface area contributed by atoms with Gasteiger partial charge in [0.05, 0.1) is 41.2 Å². The van der Waals surface area contributed by atoms with Crippen LogP contribution in [0.2, 0.25) is 0 Å². The summed E-state index contributed by atoms with van der Waals surface area (Å²) in [6.07, 6.45) is 0. The molecule has 0 radical (unpaired) electrons. The summed E-state index contributed by atoms with van der Waals surface area (Å²) in [6, 6.07) is 5.76. The summed E-state index contributed by atoms with van der Waals surface area (Å²) < 4.78 is 199. The smallest absolute Gasteiger partial charge is 0.0651 e. The number of hydrogen-bond acceptors (Lipinski definition) is 1. The minimum absolute atomic E-state index is 0.203. The maximum absolute atomic E-state index is 9.68. The molecule has 10 rings (SSSR count). The molecule has 9 aromatic carbocycles. The molecule has 2 heteroatoms. The first kappa shape index (κ1) is 16.2. The van der Waals surface area contributed by atoms with Gasteiger partial charge in [0.2, 0.25) is 0 Å². The number of aromatic nitrogens is 1. The molecule has 0 aliphatic rings. The van der Waals surface area contributed by atoms with Crippen LogP contribution in [-0.2, 0) is 0 Å². The Hall–Kier alpha value is -7.16. The minimum Gasteiger partial charge on any atom is -0.310 e. The Morgan fingerprint density at radius 2 is 0.944 bits per heavy atom. The molecule has 54 heavy (non-hydrogen) atoms. The molecule has 0 fully saturated rings. The summed E-state index contributed by atoms with van der Waals surface area (Å²) in [4.78, 5) is 0.498. The number of fused-ring (bicyclic) bond motifs is 4. The lowest BCUT2D eigenvalue weighted by atomic mass is 10.0. The predicted octanol–water partition coefficient (Wildman–Crippen LogP) is 14.4. The molecule has 0 unspecified atom stereocenters. The highest BCUT2D eigenvalue weighted by Crippen LogP contribution is 2.40. The Balaban J connectivity index is 1.28. The summed E-state index contributed by atoms with van der Waals surface area (Å²) in [5, 5.41) is 3.48. The van der Waals surface area contributed by atoms with Crippen LogP contribution in [0, 0.1) is 0 Å². The number of para-hydroxylation sites is 1. The van der Waals surface area contributed by atoms with Gasteiger partial charge in [0.15, 0.2) is 0 Å². The van der Waals surface area contributed by atoms with Crippen molar-refractivity contribution in [2.45, 2.75) is 0 Å². The van der Waals surface area contributed by atoms with E-state index in [0.29, 0.717) is 10.3 Å². The number of rotatable bonds is 7. The third kappa shape index (κ3) is 5.71. The fourth-order valence-electron chi connectivity index (χ4n) is 6.48.